The van der Waals surface area contributed by atoms with E-state index in [-0.39, 0.29) is 0 Å². The molecule has 0 saturated carbocycles. The fraction of sp³-hybridized carbons (Fsp3) is 0.600. The van der Waals surface area contributed by atoms with Crippen molar-refractivity contribution in [2.45, 2.75) is 12.8 Å². The molecule has 6 nitrogen and oxygen atoms in total. The first-order valence-corrected chi connectivity index (χ1v) is 6.94. The van der Waals surface area contributed by atoms with Gasteiger partial charge in [-0.2, -0.15) is 11.8 Å². The van der Waals surface area contributed by atoms with Gasteiger partial charge in [0.15, 0.2) is 5.65 Å². The maximum atomic E-state index is 4.28. The summed E-state index contributed by atoms with van der Waals surface area (Å²) in [6.07, 6.45) is 2.59. The van der Waals surface area contributed by atoms with Crippen LogP contribution in [0.25, 0.3) is 5.65 Å². The van der Waals surface area contributed by atoms with Crippen LogP contribution < -0.4 is 5.32 Å². The molecular weight excluding hydrogens is 236 g/mol. The Morgan fingerprint density at radius 2 is 2.24 bits per heavy atom. The van der Waals surface area contributed by atoms with Crippen molar-refractivity contribution >= 4 is 23.2 Å². The number of tetrazole rings is 1. The summed E-state index contributed by atoms with van der Waals surface area (Å²) in [5.74, 6) is 4.17. The SMILES string of the molecule is c1cc2nnnn2nc1NCC1CCSCC1. The number of aromatic nitrogens is 5. The van der Waals surface area contributed by atoms with Crippen molar-refractivity contribution in [3.63, 3.8) is 0 Å². The largest absolute Gasteiger partial charge is 0.368 e. The van der Waals surface area contributed by atoms with E-state index >= 15 is 0 Å². The second-order valence-electron chi connectivity index (χ2n) is 4.18. The molecule has 3 rings (SSSR count). The number of nitrogens with one attached hydrogen (secondary N) is 1. The zero-order valence-corrected chi connectivity index (χ0v) is 10.2. The fourth-order valence-electron chi connectivity index (χ4n) is 1.94. The smallest absolute Gasteiger partial charge is 0.200 e. The molecule has 1 saturated heterocycles. The Morgan fingerprint density at radius 1 is 1.35 bits per heavy atom. The third kappa shape index (κ3) is 2.49. The van der Waals surface area contributed by atoms with Crippen LogP contribution in [-0.4, -0.2) is 43.3 Å². The minimum Gasteiger partial charge on any atom is -0.368 e. The van der Waals surface area contributed by atoms with Crippen LogP contribution in [0.15, 0.2) is 12.1 Å². The van der Waals surface area contributed by atoms with Gasteiger partial charge >= 0.3 is 0 Å². The Hall–Kier alpha value is -1.37. The fourth-order valence-corrected chi connectivity index (χ4v) is 3.15. The van der Waals surface area contributed by atoms with E-state index in [0.717, 1.165) is 18.3 Å². The summed E-state index contributed by atoms with van der Waals surface area (Å²) in [6, 6.07) is 3.79. The van der Waals surface area contributed by atoms with Crippen LogP contribution in [-0.2, 0) is 0 Å². The number of nitrogens with zero attached hydrogens (tertiary/aromatic N) is 5. The predicted molar refractivity (Wildman–Crippen MR) is 67.1 cm³/mol. The number of rotatable bonds is 3. The van der Waals surface area contributed by atoms with Crippen LogP contribution in [0.4, 0.5) is 5.82 Å². The summed E-state index contributed by atoms with van der Waals surface area (Å²) in [7, 11) is 0. The molecule has 0 bridgehead atoms. The number of hydrogen-bond acceptors (Lipinski definition) is 6. The van der Waals surface area contributed by atoms with Gasteiger partial charge in [0.05, 0.1) is 0 Å². The molecule has 0 spiro atoms. The summed E-state index contributed by atoms with van der Waals surface area (Å²) >= 11 is 2.05. The predicted octanol–water partition coefficient (Wildman–Crippen LogP) is 1.07. The first-order chi connectivity index (χ1) is 8.42. The van der Waals surface area contributed by atoms with Crippen LogP contribution in [0.1, 0.15) is 12.8 Å². The van der Waals surface area contributed by atoms with Crippen molar-refractivity contribution in [1.29, 1.82) is 0 Å². The van der Waals surface area contributed by atoms with Gasteiger partial charge in [-0.3, -0.25) is 0 Å². The van der Waals surface area contributed by atoms with E-state index in [2.05, 4.69) is 25.9 Å². The second kappa shape index (κ2) is 4.87. The third-order valence-corrected chi connectivity index (χ3v) is 4.03. The molecule has 90 valence electrons. The molecule has 1 aliphatic heterocycles. The van der Waals surface area contributed by atoms with Gasteiger partial charge in [0.2, 0.25) is 0 Å². The number of fused-ring (bicyclic) bond motifs is 1. The van der Waals surface area contributed by atoms with E-state index in [0.29, 0.717) is 5.65 Å². The van der Waals surface area contributed by atoms with Crippen molar-refractivity contribution in [2.75, 3.05) is 23.4 Å². The van der Waals surface area contributed by atoms with E-state index in [1.807, 2.05) is 23.9 Å². The van der Waals surface area contributed by atoms with Gasteiger partial charge in [-0.25, -0.2) is 0 Å². The zero-order chi connectivity index (χ0) is 11.5. The van der Waals surface area contributed by atoms with Gasteiger partial charge in [-0.05, 0) is 52.8 Å². The lowest BCUT2D eigenvalue weighted by Gasteiger charge is -2.21. The molecule has 0 amide bonds. The average Bonchev–Trinajstić information content (AvgIpc) is 2.85. The molecule has 0 unspecified atom stereocenters. The maximum absolute atomic E-state index is 4.28. The highest BCUT2D eigenvalue weighted by Crippen LogP contribution is 2.22. The van der Waals surface area contributed by atoms with Gasteiger partial charge in [0.25, 0.3) is 0 Å². The first kappa shape index (κ1) is 10.8. The van der Waals surface area contributed by atoms with Crippen LogP contribution >= 0.6 is 11.8 Å². The molecule has 1 N–H and O–H groups in total. The molecule has 0 aliphatic carbocycles. The summed E-state index contributed by atoms with van der Waals surface area (Å²) < 4.78 is 1.44. The Labute approximate surface area is 103 Å². The lowest BCUT2D eigenvalue weighted by Crippen LogP contribution is -2.19. The molecule has 0 aromatic carbocycles. The minimum absolute atomic E-state index is 0.671. The first-order valence-electron chi connectivity index (χ1n) is 5.79. The maximum Gasteiger partial charge on any atom is 0.200 e. The van der Waals surface area contributed by atoms with Gasteiger partial charge in [0.1, 0.15) is 5.82 Å². The van der Waals surface area contributed by atoms with Crippen LogP contribution in [0.2, 0.25) is 0 Å². The van der Waals surface area contributed by atoms with Crippen molar-refractivity contribution in [2.24, 2.45) is 5.92 Å². The minimum atomic E-state index is 0.671. The second-order valence-corrected chi connectivity index (χ2v) is 5.41. The van der Waals surface area contributed by atoms with E-state index < -0.39 is 0 Å². The Kier molecular flexibility index (Phi) is 3.08. The van der Waals surface area contributed by atoms with E-state index in [1.165, 1.54) is 29.0 Å². The van der Waals surface area contributed by atoms with Gasteiger partial charge in [-0.1, -0.05) is 0 Å². The highest BCUT2D eigenvalue weighted by atomic mass is 32.2. The molecule has 0 atom stereocenters. The van der Waals surface area contributed by atoms with Gasteiger partial charge in [0, 0.05) is 6.54 Å². The molecule has 1 aliphatic rings. The molecule has 1 fully saturated rings. The normalized spacial score (nSPS) is 17.4. The molecule has 2 aromatic heterocycles. The monoisotopic (exact) mass is 250 g/mol. The van der Waals surface area contributed by atoms with Gasteiger partial charge in [-0.15, -0.1) is 14.8 Å². The van der Waals surface area contributed by atoms with Crippen LogP contribution in [0, 0.1) is 5.92 Å². The van der Waals surface area contributed by atoms with Crippen molar-refractivity contribution in [1.82, 2.24) is 25.3 Å². The Bertz CT molecular complexity index is 492. The molecule has 3 heterocycles. The van der Waals surface area contributed by atoms with Crippen molar-refractivity contribution < 1.29 is 0 Å². The summed E-state index contributed by atoms with van der Waals surface area (Å²) in [6.45, 7) is 0.987. The lowest BCUT2D eigenvalue weighted by atomic mass is 10.0. The van der Waals surface area contributed by atoms with Crippen LogP contribution in [0.3, 0.4) is 0 Å². The highest BCUT2D eigenvalue weighted by Gasteiger charge is 2.13. The van der Waals surface area contributed by atoms with Crippen molar-refractivity contribution in [3.8, 4) is 0 Å². The highest BCUT2D eigenvalue weighted by molar-refractivity contribution is 7.99. The molecule has 0 radical (unpaired) electrons. The summed E-state index contributed by atoms with van der Waals surface area (Å²) in [5, 5.41) is 18.8. The topological polar surface area (TPSA) is 68.0 Å². The Balaban J connectivity index is 1.63. The van der Waals surface area contributed by atoms with Crippen LogP contribution in [0.5, 0.6) is 0 Å². The Morgan fingerprint density at radius 3 is 3.12 bits per heavy atom. The van der Waals surface area contributed by atoms with E-state index in [9.17, 15) is 0 Å². The van der Waals surface area contributed by atoms with E-state index in [4.69, 9.17) is 0 Å². The number of hydrogen-bond donors (Lipinski definition) is 1. The van der Waals surface area contributed by atoms with Crippen molar-refractivity contribution in [3.05, 3.63) is 12.1 Å². The quantitative estimate of drug-likeness (QED) is 0.879. The van der Waals surface area contributed by atoms with Gasteiger partial charge < -0.3 is 5.32 Å². The van der Waals surface area contributed by atoms with E-state index in [1.54, 1.807) is 0 Å². The average molecular weight is 250 g/mol. The summed E-state index contributed by atoms with van der Waals surface area (Å²) in [4.78, 5) is 0. The molecule has 2 aromatic rings. The summed E-state index contributed by atoms with van der Waals surface area (Å²) in [5.41, 5.74) is 0.671. The number of anilines is 1. The third-order valence-electron chi connectivity index (χ3n) is 2.98. The molecular formula is C10H14N6S. The standard InChI is InChI=1S/C10H14N6S/c1-2-10-12-14-15-16(10)13-9(1)11-7-8-3-5-17-6-4-8/h1-2,8H,3-7H2,(H,11,13). The number of thioether (sulfide) groups is 1. The lowest BCUT2D eigenvalue weighted by molar-refractivity contribution is 0.515. The molecule has 17 heavy (non-hydrogen) atoms. The zero-order valence-electron chi connectivity index (χ0n) is 9.41. The molecule has 7 heteroatoms.